The Morgan fingerprint density at radius 3 is 0.849 bits per heavy atom. The summed E-state index contributed by atoms with van der Waals surface area (Å²) in [5.41, 5.74) is 0. The number of esters is 3. The molecule has 0 spiro atoms. The van der Waals surface area contributed by atoms with Crippen LogP contribution in [0.1, 0.15) is 252 Å². The fraction of sp³-hybridized carbons (Fsp3) is 0.627. The predicted octanol–water partition coefficient (Wildman–Crippen LogP) is 20.2. The molecule has 6 nitrogen and oxygen atoms in total. The van der Waals surface area contributed by atoms with E-state index in [1.165, 1.54) is 64.2 Å². The lowest BCUT2D eigenvalue weighted by atomic mass is 10.1. The number of rotatable bonds is 52. The van der Waals surface area contributed by atoms with E-state index >= 15 is 0 Å². The molecular weight excluding hydrogens is 901 g/mol. The van der Waals surface area contributed by atoms with Crippen molar-refractivity contribution in [3.05, 3.63) is 134 Å². The fourth-order valence-corrected chi connectivity index (χ4v) is 7.77. The number of unbranched alkanes of at least 4 members (excludes halogenated alkanes) is 19. The van der Waals surface area contributed by atoms with Gasteiger partial charge in [-0.25, -0.2) is 0 Å². The highest BCUT2D eigenvalue weighted by Gasteiger charge is 2.19. The van der Waals surface area contributed by atoms with Gasteiger partial charge >= 0.3 is 17.9 Å². The van der Waals surface area contributed by atoms with E-state index in [0.29, 0.717) is 12.8 Å². The van der Waals surface area contributed by atoms with Crippen LogP contribution in [-0.4, -0.2) is 37.2 Å². The smallest absolute Gasteiger partial charge is 0.306 e. The molecule has 0 saturated heterocycles. The second-order valence-corrected chi connectivity index (χ2v) is 19.1. The summed E-state index contributed by atoms with van der Waals surface area (Å²) < 4.78 is 16.8. The van der Waals surface area contributed by atoms with Crippen molar-refractivity contribution >= 4 is 17.9 Å². The van der Waals surface area contributed by atoms with Crippen LogP contribution >= 0.6 is 0 Å². The van der Waals surface area contributed by atoms with E-state index in [9.17, 15) is 14.4 Å². The Morgan fingerprint density at radius 2 is 0.534 bits per heavy atom. The average molecular weight is 1010 g/mol. The van der Waals surface area contributed by atoms with Crippen LogP contribution in [0, 0.1) is 0 Å². The molecule has 0 aromatic rings. The summed E-state index contributed by atoms with van der Waals surface area (Å²) in [7, 11) is 0. The third-order valence-electron chi connectivity index (χ3n) is 12.2. The van der Waals surface area contributed by atoms with Gasteiger partial charge in [0.2, 0.25) is 0 Å². The highest BCUT2D eigenvalue weighted by Crippen LogP contribution is 2.14. The quantitative estimate of drug-likeness (QED) is 0.0261. The highest BCUT2D eigenvalue weighted by molar-refractivity contribution is 5.71. The Labute approximate surface area is 449 Å². The number of ether oxygens (including phenoxy) is 3. The van der Waals surface area contributed by atoms with Crippen LogP contribution in [0.3, 0.4) is 0 Å². The van der Waals surface area contributed by atoms with Crippen LogP contribution in [-0.2, 0) is 28.6 Å². The minimum atomic E-state index is -0.801. The van der Waals surface area contributed by atoms with Gasteiger partial charge in [-0.3, -0.25) is 14.4 Å². The molecule has 412 valence electrons. The summed E-state index contributed by atoms with van der Waals surface area (Å²) >= 11 is 0. The molecular formula is C67H108O6. The van der Waals surface area contributed by atoms with Crippen LogP contribution in [0.15, 0.2) is 134 Å². The second kappa shape index (κ2) is 60.1. The molecule has 0 rings (SSSR count). The maximum atomic E-state index is 12.8. The minimum Gasteiger partial charge on any atom is -0.462 e. The Morgan fingerprint density at radius 1 is 0.288 bits per heavy atom. The van der Waals surface area contributed by atoms with Crippen LogP contribution in [0.4, 0.5) is 0 Å². The first kappa shape index (κ1) is 68.6. The molecule has 73 heavy (non-hydrogen) atoms. The summed E-state index contributed by atoms with van der Waals surface area (Å²) in [5.74, 6) is -0.946. The zero-order chi connectivity index (χ0) is 52.9. The van der Waals surface area contributed by atoms with Crippen LogP contribution in [0.2, 0.25) is 0 Å². The Bertz CT molecular complexity index is 1580. The SMILES string of the molecule is CC/C=C\C/C=C\C/C=C\C/C=C\C/C=C\C/C=C\C/C=C\C/C=C\CCCCCCCCC(=O)OCC(COC(=O)CCCCCCCCCCCCC)OC(=O)CCCCC/C=C\C/C=C\C/C=C\CC. The molecule has 0 saturated carbocycles. The molecule has 0 aromatic heterocycles. The first-order valence-corrected chi connectivity index (χ1v) is 29.7. The van der Waals surface area contributed by atoms with Crippen molar-refractivity contribution in [2.75, 3.05) is 13.2 Å². The molecule has 0 heterocycles. The molecule has 0 radical (unpaired) electrons. The van der Waals surface area contributed by atoms with Crippen LogP contribution < -0.4 is 0 Å². The molecule has 0 fully saturated rings. The molecule has 0 amide bonds. The van der Waals surface area contributed by atoms with Gasteiger partial charge in [0, 0.05) is 19.3 Å². The van der Waals surface area contributed by atoms with E-state index in [1.54, 1.807) is 0 Å². The van der Waals surface area contributed by atoms with Crippen molar-refractivity contribution in [3.63, 3.8) is 0 Å². The lowest BCUT2D eigenvalue weighted by Crippen LogP contribution is -2.30. The van der Waals surface area contributed by atoms with Crippen molar-refractivity contribution < 1.29 is 28.6 Å². The van der Waals surface area contributed by atoms with E-state index in [-0.39, 0.29) is 37.5 Å². The van der Waals surface area contributed by atoms with E-state index in [0.717, 1.165) is 148 Å². The number of hydrogen-bond acceptors (Lipinski definition) is 6. The zero-order valence-corrected chi connectivity index (χ0v) is 47.1. The number of hydrogen-bond donors (Lipinski definition) is 0. The van der Waals surface area contributed by atoms with Gasteiger partial charge in [0.05, 0.1) is 0 Å². The molecule has 0 aliphatic rings. The van der Waals surface area contributed by atoms with Gasteiger partial charge in [-0.15, -0.1) is 0 Å². The number of carbonyl (C=O) groups excluding carboxylic acids is 3. The third kappa shape index (κ3) is 58.3. The number of carbonyl (C=O) groups is 3. The van der Waals surface area contributed by atoms with E-state index in [4.69, 9.17) is 14.2 Å². The summed E-state index contributed by atoms with van der Waals surface area (Å²) in [6.07, 6.45) is 84.6. The molecule has 0 aromatic carbocycles. The third-order valence-corrected chi connectivity index (χ3v) is 12.2. The van der Waals surface area contributed by atoms with Crippen LogP contribution in [0.5, 0.6) is 0 Å². The summed E-state index contributed by atoms with van der Waals surface area (Å²) in [6, 6.07) is 0. The molecule has 1 atom stereocenters. The average Bonchev–Trinajstić information content (AvgIpc) is 3.39. The minimum absolute atomic E-state index is 0.0963. The predicted molar refractivity (Wildman–Crippen MR) is 316 cm³/mol. The van der Waals surface area contributed by atoms with E-state index in [2.05, 4.69) is 154 Å². The Balaban J connectivity index is 4.29. The standard InChI is InChI=1S/C67H108O6/c1-4-7-10-13-16-19-22-24-25-26-27-28-29-30-31-32-33-34-35-36-37-38-39-40-41-43-45-48-51-54-57-60-66(69)72-63-64(62-71-65(68)59-56-53-50-47-44-21-18-15-12-9-6-3)73-67(70)61-58-55-52-49-46-42-23-20-17-14-11-8-5-2/h7-8,10-11,16-17,19-20,24-25,27-28,30-31,33-34,36-37,39-40,42,46,64H,4-6,9,12-15,18,21-23,26,29,32,35,38,41,43-45,47-63H2,1-3H3/b10-7-,11-8-,19-16-,20-17-,25-24-,28-27-,31-30-,34-33-,37-36-,40-39-,46-42-. The van der Waals surface area contributed by atoms with Gasteiger partial charge in [0.15, 0.2) is 6.10 Å². The number of allylic oxidation sites excluding steroid dienone is 22. The lowest BCUT2D eigenvalue weighted by molar-refractivity contribution is -0.167. The maximum Gasteiger partial charge on any atom is 0.306 e. The van der Waals surface area contributed by atoms with Gasteiger partial charge in [-0.2, -0.15) is 0 Å². The zero-order valence-electron chi connectivity index (χ0n) is 47.1. The summed E-state index contributed by atoms with van der Waals surface area (Å²) in [4.78, 5) is 38.1. The lowest BCUT2D eigenvalue weighted by Gasteiger charge is -2.18. The normalized spacial score (nSPS) is 13.1. The molecule has 0 aliphatic carbocycles. The van der Waals surface area contributed by atoms with E-state index in [1.807, 2.05) is 0 Å². The molecule has 1 unspecified atom stereocenters. The van der Waals surface area contributed by atoms with Crippen molar-refractivity contribution in [3.8, 4) is 0 Å². The van der Waals surface area contributed by atoms with Gasteiger partial charge in [-0.05, 0) is 116 Å². The van der Waals surface area contributed by atoms with Gasteiger partial charge < -0.3 is 14.2 Å². The van der Waals surface area contributed by atoms with Crippen molar-refractivity contribution in [1.29, 1.82) is 0 Å². The van der Waals surface area contributed by atoms with Gasteiger partial charge in [-0.1, -0.05) is 251 Å². The Hall–Kier alpha value is -4.45. The molecule has 6 heteroatoms. The fourth-order valence-electron chi connectivity index (χ4n) is 7.77. The second-order valence-electron chi connectivity index (χ2n) is 19.1. The van der Waals surface area contributed by atoms with Gasteiger partial charge in [0.1, 0.15) is 13.2 Å². The molecule has 0 N–H and O–H groups in total. The molecule has 0 aliphatic heterocycles. The topological polar surface area (TPSA) is 78.9 Å². The molecule has 0 bridgehead atoms. The van der Waals surface area contributed by atoms with Crippen molar-refractivity contribution in [2.45, 2.75) is 258 Å². The highest BCUT2D eigenvalue weighted by atomic mass is 16.6. The largest absolute Gasteiger partial charge is 0.462 e. The van der Waals surface area contributed by atoms with E-state index < -0.39 is 6.10 Å². The van der Waals surface area contributed by atoms with Crippen molar-refractivity contribution in [2.24, 2.45) is 0 Å². The maximum absolute atomic E-state index is 12.8. The van der Waals surface area contributed by atoms with Crippen LogP contribution in [0.25, 0.3) is 0 Å². The first-order valence-electron chi connectivity index (χ1n) is 29.7. The summed E-state index contributed by atoms with van der Waals surface area (Å²) in [6.45, 7) is 6.36. The van der Waals surface area contributed by atoms with Gasteiger partial charge in [0.25, 0.3) is 0 Å². The Kier molecular flexibility index (Phi) is 56.4. The first-order chi connectivity index (χ1) is 36.0. The van der Waals surface area contributed by atoms with Crippen molar-refractivity contribution in [1.82, 2.24) is 0 Å². The monoisotopic (exact) mass is 1010 g/mol. The summed E-state index contributed by atoms with van der Waals surface area (Å²) in [5, 5.41) is 0.